The third-order valence-corrected chi connectivity index (χ3v) is 27.1. The maximum absolute atomic E-state index is 2.80. The number of benzene rings is 15. The van der Waals surface area contributed by atoms with Gasteiger partial charge in [-0.05, 0) is 225 Å². The molecule has 0 saturated heterocycles. The molecule has 2 aliphatic heterocycles. The first kappa shape index (κ1) is 79.8. The fourth-order valence-electron chi connectivity index (χ4n) is 20.0. The lowest BCUT2D eigenvalue weighted by Crippen LogP contribution is -2.61. The smallest absolute Gasteiger partial charge is 0.252 e. The van der Waals surface area contributed by atoms with Crippen molar-refractivity contribution in [3.63, 3.8) is 0 Å². The van der Waals surface area contributed by atoms with Gasteiger partial charge < -0.3 is 23.5 Å². The third-order valence-electron chi connectivity index (χ3n) is 27.1. The maximum atomic E-state index is 2.80. The van der Waals surface area contributed by atoms with E-state index in [0.717, 1.165) is 73.3 Å². The minimum atomic E-state index is -0.385. The second-order valence-corrected chi connectivity index (χ2v) is 42.7. The Morgan fingerprint density at radius 3 is 0.750 bits per heavy atom. The van der Waals surface area contributed by atoms with Gasteiger partial charge in [0.25, 0.3) is 6.71 Å². The monoisotopic (exact) mass is 1610 g/mol. The Balaban J connectivity index is 0.974. The van der Waals surface area contributed by atoms with Gasteiger partial charge in [-0.1, -0.05) is 346 Å². The standard InChI is InChI=1S/C118H114BN5/c1-112(2,3)77-51-43-73(44-52-77)91-63-81(116(13,14)15)64-92(74-45-53-78(54-46-74)113(4,5)6)110(91)123-105-69-85(121-99-39-29-25-35-87(99)88-36-26-30-40-100(88)121)59-61-97(105)119-98-62-60-86(122-102-42-32-28-38-90(102)96-71-103-95(72-104(96)122)89-37-27-31-41-101(89)120(103)84-33-23-22-24-34-84)70-106(98)124(108-68-83(118(19,20)21)67-107(123)109(108)119)111-93(75-47-55-79(56-48-75)114(7,8)9)65-82(117(16,17)18)66-94(111)76-49-57-80(58-50-76)115(10,11)12/h22-72H,1-21H3. The van der Waals surface area contributed by atoms with E-state index in [2.05, 4.69) is 478 Å². The number of fused-ring (bicyclic) bond motifs is 13. The molecule has 0 spiro atoms. The van der Waals surface area contributed by atoms with Crippen molar-refractivity contribution in [2.45, 2.75) is 183 Å². The van der Waals surface area contributed by atoms with E-state index in [1.165, 1.54) is 143 Å². The normalized spacial score (nSPS) is 13.5. The molecule has 0 aliphatic carbocycles. The molecule has 15 aromatic carbocycles. The molecule has 20 rings (SSSR count). The Morgan fingerprint density at radius 2 is 0.452 bits per heavy atom. The van der Waals surface area contributed by atoms with Crippen LogP contribution >= 0.6 is 0 Å². The molecule has 5 heterocycles. The van der Waals surface area contributed by atoms with Crippen molar-refractivity contribution in [2.75, 3.05) is 9.80 Å². The largest absolute Gasteiger partial charge is 0.310 e. The van der Waals surface area contributed by atoms with Gasteiger partial charge in [0.05, 0.1) is 44.5 Å². The first-order chi connectivity index (χ1) is 58.9. The molecule has 0 atom stereocenters. The molecule has 0 unspecified atom stereocenters. The van der Waals surface area contributed by atoms with E-state index in [0.29, 0.717) is 0 Å². The Morgan fingerprint density at radius 1 is 0.194 bits per heavy atom. The Hall–Kier alpha value is -12.6. The molecule has 0 amide bonds. The molecule has 0 N–H and O–H groups in total. The summed E-state index contributed by atoms with van der Waals surface area (Å²) in [6.07, 6.45) is 0. The summed E-state index contributed by atoms with van der Waals surface area (Å²) in [6, 6.07) is 121. The number of nitrogens with zero attached hydrogens (tertiary/aromatic N) is 5. The van der Waals surface area contributed by atoms with E-state index < -0.39 is 0 Å². The molecular weight excluding hydrogens is 1500 g/mol. The van der Waals surface area contributed by atoms with Crippen LogP contribution in [0.15, 0.2) is 309 Å². The van der Waals surface area contributed by atoms with Gasteiger partial charge in [0.15, 0.2) is 0 Å². The minimum absolute atomic E-state index is 0.0752. The summed E-state index contributed by atoms with van der Waals surface area (Å²) in [6.45, 7) is 49.4. The number of anilines is 6. The molecule has 0 bridgehead atoms. The van der Waals surface area contributed by atoms with E-state index >= 15 is 0 Å². The summed E-state index contributed by atoms with van der Waals surface area (Å²) in [5.41, 5.74) is 38.0. The van der Waals surface area contributed by atoms with Crippen molar-refractivity contribution in [3.05, 3.63) is 348 Å². The van der Waals surface area contributed by atoms with Gasteiger partial charge in [-0.25, -0.2) is 0 Å². The Kier molecular flexibility index (Phi) is 18.3. The summed E-state index contributed by atoms with van der Waals surface area (Å²) >= 11 is 0. The fourth-order valence-corrected chi connectivity index (χ4v) is 20.0. The average molecular weight is 1610 g/mol. The predicted octanol–water partition coefficient (Wildman–Crippen LogP) is 30.8. The summed E-state index contributed by atoms with van der Waals surface area (Å²) in [4.78, 5) is 5.59. The van der Waals surface area contributed by atoms with Gasteiger partial charge in [-0.3, -0.25) is 0 Å². The van der Waals surface area contributed by atoms with Crippen LogP contribution in [0.25, 0.3) is 127 Å². The van der Waals surface area contributed by atoms with Crippen molar-refractivity contribution in [1.29, 1.82) is 0 Å². The molecule has 614 valence electrons. The predicted molar refractivity (Wildman–Crippen MR) is 536 cm³/mol. The van der Waals surface area contributed by atoms with Gasteiger partial charge >= 0.3 is 0 Å². The lowest BCUT2D eigenvalue weighted by Gasteiger charge is -2.47. The highest BCUT2D eigenvalue weighted by Crippen LogP contribution is 2.57. The number of aromatic nitrogens is 3. The molecule has 124 heavy (non-hydrogen) atoms. The van der Waals surface area contributed by atoms with Gasteiger partial charge in [0.2, 0.25) is 0 Å². The molecule has 0 fully saturated rings. The van der Waals surface area contributed by atoms with Crippen molar-refractivity contribution < 1.29 is 0 Å². The molecule has 0 saturated carbocycles. The number of rotatable bonds is 9. The first-order valence-electron chi connectivity index (χ1n) is 44.8. The molecule has 18 aromatic rings. The van der Waals surface area contributed by atoms with Gasteiger partial charge in [-0.2, -0.15) is 0 Å². The zero-order valence-corrected chi connectivity index (χ0v) is 76.3. The average Bonchev–Trinajstić information content (AvgIpc) is 0.786. The molecular formula is C118H114BN5. The maximum Gasteiger partial charge on any atom is 0.252 e. The summed E-state index contributed by atoms with van der Waals surface area (Å²) in [7, 11) is 0. The van der Waals surface area contributed by atoms with Crippen LogP contribution in [0.3, 0.4) is 0 Å². The van der Waals surface area contributed by atoms with Crippen LogP contribution in [0.1, 0.15) is 184 Å². The van der Waals surface area contributed by atoms with Gasteiger partial charge in [-0.15, -0.1) is 0 Å². The van der Waals surface area contributed by atoms with Crippen LogP contribution in [0.5, 0.6) is 0 Å². The number of hydrogen-bond donors (Lipinski definition) is 0. The van der Waals surface area contributed by atoms with E-state index in [9.17, 15) is 0 Å². The number of para-hydroxylation sites is 5. The second kappa shape index (κ2) is 28.5. The van der Waals surface area contributed by atoms with Crippen molar-refractivity contribution in [1.82, 2.24) is 13.7 Å². The van der Waals surface area contributed by atoms with E-state index in [1.54, 1.807) is 0 Å². The van der Waals surface area contributed by atoms with E-state index in [-0.39, 0.29) is 44.6 Å². The first-order valence-corrected chi connectivity index (χ1v) is 44.8. The molecule has 3 aromatic heterocycles. The zero-order valence-electron chi connectivity index (χ0n) is 76.3. The lowest BCUT2D eigenvalue weighted by atomic mass is 9.33. The highest BCUT2D eigenvalue weighted by Gasteiger charge is 2.47. The van der Waals surface area contributed by atoms with Gasteiger partial charge in [0.1, 0.15) is 0 Å². The highest BCUT2D eigenvalue weighted by molar-refractivity contribution is 7.00. The summed E-state index contributed by atoms with van der Waals surface area (Å²) in [5.74, 6) is 0. The topological polar surface area (TPSA) is 21.3 Å². The second-order valence-electron chi connectivity index (χ2n) is 42.7. The van der Waals surface area contributed by atoms with Crippen molar-refractivity contribution >= 4 is 123 Å². The van der Waals surface area contributed by atoms with Crippen LogP contribution < -0.4 is 26.2 Å². The molecule has 0 radical (unpaired) electrons. The van der Waals surface area contributed by atoms with Crippen LogP contribution in [0.2, 0.25) is 0 Å². The zero-order chi connectivity index (χ0) is 86.5. The highest BCUT2D eigenvalue weighted by atomic mass is 15.2. The summed E-state index contributed by atoms with van der Waals surface area (Å²) < 4.78 is 7.58. The Bertz CT molecular complexity index is 7130. The van der Waals surface area contributed by atoms with Gasteiger partial charge in [0, 0.05) is 94.4 Å². The third kappa shape index (κ3) is 13.2. The Labute approximate surface area is 734 Å². The van der Waals surface area contributed by atoms with Crippen LogP contribution in [-0.4, -0.2) is 20.4 Å². The quantitative estimate of drug-likeness (QED) is 0.134. The van der Waals surface area contributed by atoms with Crippen LogP contribution in [-0.2, 0) is 37.9 Å². The van der Waals surface area contributed by atoms with Crippen molar-refractivity contribution in [3.8, 4) is 61.6 Å². The van der Waals surface area contributed by atoms with E-state index in [1.807, 2.05) is 0 Å². The van der Waals surface area contributed by atoms with E-state index in [4.69, 9.17) is 0 Å². The molecule has 5 nitrogen and oxygen atoms in total. The van der Waals surface area contributed by atoms with Crippen LogP contribution in [0, 0.1) is 0 Å². The fraction of sp³-hybridized carbons (Fsp3) is 0.237. The summed E-state index contributed by atoms with van der Waals surface area (Å²) in [5, 5.41) is 7.29. The molecule has 2 aliphatic rings. The van der Waals surface area contributed by atoms with Crippen LogP contribution in [0.4, 0.5) is 34.1 Å². The minimum Gasteiger partial charge on any atom is -0.310 e. The lowest BCUT2D eigenvalue weighted by molar-refractivity contribution is 0.589. The SMILES string of the molecule is CC(C)(C)c1ccc(-c2cc(C(C)(C)C)cc(-c3ccc(C(C)(C)C)cc3)c2N2c3cc(-n4c5ccccc5c5ccccc54)ccc3B3c4ccc(-n5c6ccccc6c6cc7c(cc65)c5ccccc5n7-c5ccccc5)cc4N(c4c(-c5ccc(C(C)(C)C)cc5)cc(C(C)(C)C)cc4-c4ccc(C(C)(C)C)cc4)c4cc(C(C)(C)C)cc2c43)cc1. The number of hydrogen-bond acceptors (Lipinski definition) is 2. The van der Waals surface area contributed by atoms with Crippen molar-refractivity contribution in [2.24, 2.45) is 0 Å². The molecule has 6 heteroatoms.